The van der Waals surface area contributed by atoms with Gasteiger partial charge in [0.15, 0.2) is 0 Å². The lowest BCUT2D eigenvalue weighted by Crippen LogP contribution is -2.49. The van der Waals surface area contributed by atoms with Crippen LogP contribution in [-0.2, 0) is 32.1 Å². The number of fused-ring (bicyclic) bond motifs is 2. The minimum absolute atomic E-state index is 0.430. The molecule has 0 radical (unpaired) electrons. The van der Waals surface area contributed by atoms with Gasteiger partial charge < -0.3 is 19.5 Å². The van der Waals surface area contributed by atoms with E-state index >= 15 is 0 Å². The molecule has 0 N–H and O–H groups in total. The van der Waals surface area contributed by atoms with Gasteiger partial charge in [0.05, 0.1) is 24.5 Å². The fraction of sp³-hybridized carbons (Fsp3) is 0.364. The molecule has 2 fully saturated rings. The molecule has 4 aliphatic heterocycles. The SMILES string of the molecule is O=C(/C=C/C(=O)ON(CCN1CCN(c2ccccn2)CC1)C1=Nc2ccccc2CC1)ON(CCN1CCN(c2ccccn2)CC1)C1=Nc2ccccc2CC1. The molecule has 0 spiro atoms. The highest BCUT2D eigenvalue weighted by Gasteiger charge is 2.26. The van der Waals surface area contributed by atoms with Crippen LogP contribution in [0.5, 0.6) is 0 Å². The smallest absolute Gasteiger partial charge is 0.354 e. The number of amidine groups is 2. The number of hydrogen-bond acceptors (Lipinski definition) is 14. The number of piperazine rings is 2. The van der Waals surface area contributed by atoms with Crippen molar-refractivity contribution in [1.82, 2.24) is 29.9 Å². The van der Waals surface area contributed by atoms with Gasteiger partial charge in [0.1, 0.15) is 23.3 Å². The van der Waals surface area contributed by atoms with Gasteiger partial charge in [0, 0.05) is 103 Å². The van der Waals surface area contributed by atoms with Gasteiger partial charge in [-0.1, -0.05) is 48.5 Å². The number of para-hydroxylation sites is 2. The minimum atomic E-state index is -0.681. The van der Waals surface area contributed by atoms with Crippen LogP contribution in [-0.4, -0.2) is 132 Å². The Morgan fingerprint density at radius 2 is 0.948 bits per heavy atom. The summed E-state index contributed by atoms with van der Waals surface area (Å²) in [5, 5.41) is 3.18. The van der Waals surface area contributed by atoms with E-state index in [-0.39, 0.29) is 0 Å². The standard InChI is InChI=1S/C44H50N10O4/c55-43(57-53(41-17-15-35-9-1-3-11-37(35)47-41)33-27-49-23-29-51(30-24-49)39-13-5-7-21-45-39)19-20-44(56)58-54(42-18-16-36-10-2-4-12-38(36)48-42)34-28-50-25-31-52(32-26-50)40-14-6-8-22-46-40/h1-14,19-22H,15-18,23-34H2/b20-19+. The summed E-state index contributed by atoms with van der Waals surface area (Å²) in [5.41, 5.74) is 4.06. The zero-order valence-electron chi connectivity index (χ0n) is 32.8. The predicted molar refractivity (Wildman–Crippen MR) is 224 cm³/mol. The highest BCUT2D eigenvalue weighted by molar-refractivity contribution is 5.94. The molecule has 58 heavy (non-hydrogen) atoms. The van der Waals surface area contributed by atoms with Crippen molar-refractivity contribution in [3.8, 4) is 0 Å². The molecule has 0 aliphatic carbocycles. The van der Waals surface area contributed by atoms with E-state index in [0.29, 0.717) is 50.7 Å². The largest absolute Gasteiger partial charge is 0.356 e. The normalized spacial score (nSPS) is 17.2. The van der Waals surface area contributed by atoms with Crippen LogP contribution < -0.4 is 9.80 Å². The van der Waals surface area contributed by atoms with E-state index < -0.39 is 11.9 Å². The molecular weight excluding hydrogens is 733 g/mol. The Bertz CT molecular complexity index is 1950. The summed E-state index contributed by atoms with van der Waals surface area (Å²) in [6.45, 7) is 9.05. The number of carbonyl (C=O) groups excluding carboxylic acids is 2. The van der Waals surface area contributed by atoms with Gasteiger partial charge >= 0.3 is 11.9 Å². The van der Waals surface area contributed by atoms with E-state index in [1.807, 2.05) is 85.2 Å². The first kappa shape index (κ1) is 38.7. The number of aryl methyl sites for hydroxylation is 2. The molecule has 0 amide bonds. The third-order valence-corrected chi connectivity index (χ3v) is 11.0. The average Bonchev–Trinajstić information content (AvgIpc) is 3.29. The topological polar surface area (TPSA) is 123 Å². The number of benzene rings is 2. The Labute approximate surface area is 339 Å². The van der Waals surface area contributed by atoms with Crippen LogP contribution in [0.4, 0.5) is 23.0 Å². The van der Waals surface area contributed by atoms with Gasteiger partial charge in [0.2, 0.25) is 0 Å². The zero-order valence-corrected chi connectivity index (χ0v) is 32.8. The van der Waals surface area contributed by atoms with Crippen LogP contribution >= 0.6 is 0 Å². The second kappa shape index (κ2) is 18.9. The van der Waals surface area contributed by atoms with Crippen LogP contribution in [0.1, 0.15) is 24.0 Å². The van der Waals surface area contributed by atoms with E-state index in [4.69, 9.17) is 19.7 Å². The number of aliphatic imine (C=N–C) groups is 2. The summed E-state index contributed by atoms with van der Waals surface area (Å²) in [7, 11) is 0. The Morgan fingerprint density at radius 1 is 0.534 bits per heavy atom. The number of anilines is 2. The molecule has 14 nitrogen and oxygen atoms in total. The summed E-state index contributed by atoms with van der Waals surface area (Å²) in [5.74, 6) is 1.96. The molecule has 6 heterocycles. The van der Waals surface area contributed by atoms with Crippen LogP contribution in [0.25, 0.3) is 0 Å². The Balaban J connectivity index is 0.900. The molecule has 2 aromatic carbocycles. The monoisotopic (exact) mass is 782 g/mol. The molecule has 0 saturated carbocycles. The molecule has 300 valence electrons. The van der Waals surface area contributed by atoms with Crippen molar-refractivity contribution < 1.29 is 19.3 Å². The van der Waals surface area contributed by atoms with Crippen molar-refractivity contribution in [3.05, 3.63) is 121 Å². The number of rotatable bonds is 10. The first-order chi connectivity index (χ1) is 28.5. The maximum absolute atomic E-state index is 13.4. The number of nitrogens with zero attached hydrogens (tertiary/aromatic N) is 10. The van der Waals surface area contributed by atoms with E-state index in [1.54, 1.807) is 10.1 Å². The van der Waals surface area contributed by atoms with Gasteiger partial charge in [-0.05, 0) is 60.4 Å². The number of carbonyl (C=O) groups is 2. The molecule has 0 atom stereocenters. The first-order valence-corrected chi connectivity index (χ1v) is 20.3. The molecule has 0 unspecified atom stereocenters. The average molecular weight is 783 g/mol. The number of aromatic nitrogens is 2. The third kappa shape index (κ3) is 10.1. The predicted octanol–water partition coefficient (Wildman–Crippen LogP) is 4.85. The van der Waals surface area contributed by atoms with Crippen molar-refractivity contribution in [3.63, 3.8) is 0 Å². The van der Waals surface area contributed by atoms with Crippen LogP contribution in [0.15, 0.2) is 119 Å². The van der Waals surface area contributed by atoms with Gasteiger partial charge in [-0.3, -0.25) is 9.80 Å². The highest BCUT2D eigenvalue weighted by atomic mass is 16.7. The molecule has 14 heteroatoms. The van der Waals surface area contributed by atoms with Gasteiger partial charge in [-0.2, -0.15) is 10.1 Å². The third-order valence-electron chi connectivity index (χ3n) is 11.0. The lowest BCUT2D eigenvalue weighted by atomic mass is 10.0. The van der Waals surface area contributed by atoms with Gasteiger partial charge in [0.25, 0.3) is 0 Å². The lowest BCUT2D eigenvalue weighted by Gasteiger charge is -2.36. The summed E-state index contributed by atoms with van der Waals surface area (Å²) >= 11 is 0. The number of pyridine rings is 2. The quantitative estimate of drug-likeness (QED) is 0.162. The zero-order chi connectivity index (χ0) is 39.5. The summed E-state index contributed by atoms with van der Waals surface area (Å²) < 4.78 is 0. The molecule has 0 bridgehead atoms. The van der Waals surface area contributed by atoms with E-state index in [0.717, 1.165) is 111 Å². The fourth-order valence-electron chi connectivity index (χ4n) is 7.72. The minimum Gasteiger partial charge on any atom is -0.354 e. The van der Waals surface area contributed by atoms with Crippen LogP contribution in [0, 0.1) is 0 Å². The number of hydroxylamine groups is 4. The first-order valence-electron chi connectivity index (χ1n) is 20.3. The summed E-state index contributed by atoms with van der Waals surface area (Å²) in [4.78, 5) is 66.7. The molecule has 4 aliphatic rings. The number of hydrogen-bond donors (Lipinski definition) is 0. The van der Waals surface area contributed by atoms with Gasteiger partial charge in [-0.25, -0.2) is 29.5 Å². The highest BCUT2D eigenvalue weighted by Crippen LogP contribution is 2.28. The van der Waals surface area contributed by atoms with Crippen molar-refractivity contribution in [2.24, 2.45) is 9.98 Å². The lowest BCUT2D eigenvalue weighted by molar-refractivity contribution is -0.170. The van der Waals surface area contributed by atoms with E-state index in [2.05, 4.69) is 41.7 Å². The van der Waals surface area contributed by atoms with Crippen molar-refractivity contribution in [2.45, 2.75) is 25.7 Å². The molecule has 2 saturated heterocycles. The molecule has 4 aromatic rings. The van der Waals surface area contributed by atoms with Crippen molar-refractivity contribution in [1.29, 1.82) is 0 Å². The van der Waals surface area contributed by atoms with Crippen molar-refractivity contribution in [2.75, 3.05) is 88.3 Å². The molecular formula is C44H50N10O4. The maximum Gasteiger partial charge on any atom is 0.356 e. The second-order valence-corrected chi connectivity index (χ2v) is 14.7. The van der Waals surface area contributed by atoms with Crippen LogP contribution in [0.3, 0.4) is 0 Å². The molecule has 2 aromatic heterocycles. The summed E-state index contributed by atoms with van der Waals surface area (Å²) in [6.07, 6.45) is 8.73. The van der Waals surface area contributed by atoms with Crippen molar-refractivity contribution >= 4 is 46.6 Å². The Morgan fingerprint density at radius 3 is 1.36 bits per heavy atom. The summed E-state index contributed by atoms with van der Waals surface area (Å²) in [6, 6.07) is 28.0. The maximum atomic E-state index is 13.4. The van der Waals surface area contributed by atoms with E-state index in [1.165, 1.54) is 0 Å². The second-order valence-electron chi connectivity index (χ2n) is 14.7. The molecule has 8 rings (SSSR count). The van der Waals surface area contributed by atoms with E-state index in [9.17, 15) is 9.59 Å². The fourth-order valence-corrected chi connectivity index (χ4v) is 7.72. The van der Waals surface area contributed by atoms with Gasteiger partial charge in [-0.15, -0.1) is 0 Å². The Kier molecular flexibility index (Phi) is 12.6. The Hall–Kier alpha value is -6.12. The van der Waals surface area contributed by atoms with Crippen LogP contribution in [0.2, 0.25) is 0 Å².